The summed E-state index contributed by atoms with van der Waals surface area (Å²) in [5.41, 5.74) is 7.31. The van der Waals surface area contributed by atoms with Gasteiger partial charge in [-0.3, -0.25) is 0 Å². The average Bonchev–Trinajstić information content (AvgIpc) is 2.83. The van der Waals surface area contributed by atoms with Crippen LogP contribution in [0.1, 0.15) is 0 Å². The minimum absolute atomic E-state index is 0.446. The first-order chi connectivity index (χ1) is 7.72. The number of imidazole rings is 1. The number of hydrogen-bond donors (Lipinski definition) is 1. The van der Waals surface area contributed by atoms with Gasteiger partial charge >= 0.3 is 0 Å². The Bertz CT molecular complexity index is 658. The molecule has 0 saturated heterocycles. The largest absolute Gasteiger partial charge is 0.391 e. The van der Waals surface area contributed by atoms with Crippen LogP contribution in [0, 0.1) is 0 Å². The van der Waals surface area contributed by atoms with Crippen LogP contribution in [-0.4, -0.2) is 14.6 Å². The zero-order valence-corrected chi connectivity index (χ0v) is 9.66. The van der Waals surface area contributed by atoms with Crippen LogP contribution in [0.5, 0.6) is 0 Å². The number of hydrogen-bond acceptors (Lipinski definition) is 4. The third kappa shape index (κ3) is 1.54. The summed E-state index contributed by atoms with van der Waals surface area (Å²) in [5.74, 6) is 0. The maximum Gasteiger partial charge on any atom is 0.154 e. The van der Waals surface area contributed by atoms with Crippen LogP contribution in [0.2, 0.25) is 5.15 Å². The zero-order valence-electron chi connectivity index (χ0n) is 8.09. The van der Waals surface area contributed by atoms with Gasteiger partial charge in [0.15, 0.2) is 5.65 Å². The Morgan fingerprint density at radius 2 is 2.12 bits per heavy atom. The summed E-state index contributed by atoms with van der Waals surface area (Å²) in [5, 5.41) is 5.34. The molecule has 0 atom stereocenters. The van der Waals surface area contributed by atoms with Crippen molar-refractivity contribution in [2.75, 3.05) is 5.73 Å². The van der Waals surface area contributed by atoms with Crippen molar-refractivity contribution >= 4 is 33.6 Å². The zero-order chi connectivity index (χ0) is 11.1. The molecule has 3 heterocycles. The molecule has 3 rings (SSSR count). The van der Waals surface area contributed by atoms with Crippen molar-refractivity contribution in [3.8, 4) is 10.6 Å². The third-order valence-electron chi connectivity index (χ3n) is 2.17. The van der Waals surface area contributed by atoms with Gasteiger partial charge in [-0.1, -0.05) is 11.6 Å². The molecule has 0 aromatic carbocycles. The Kier molecular flexibility index (Phi) is 2.08. The normalized spacial score (nSPS) is 11.1. The summed E-state index contributed by atoms with van der Waals surface area (Å²) < 4.78 is 1.66. The summed E-state index contributed by atoms with van der Waals surface area (Å²) in [6, 6.07) is 7.36. The van der Waals surface area contributed by atoms with Crippen molar-refractivity contribution in [1.82, 2.24) is 14.6 Å². The van der Waals surface area contributed by atoms with Crippen LogP contribution in [0.25, 0.3) is 16.2 Å². The van der Waals surface area contributed by atoms with Gasteiger partial charge in [0, 0.05) is 0 Å². The number of nitrogens with two attached hydrogens (primary N) is 1. The van der Waals surface area contributed by atoms with Gasteiger partial charge in [0.05, 0.1) is 16.1 Å². The summed E-state index contributed by atoms with van der Waals surface area (Å²) in [4.78, 5) is 5.46. The smallest absolute Gasteiger partial charge is 0.154 e. The van der Waals surface area contributed by atoms with Crippen molar-refractivity contribution in [3.63, 3.8) is 0 Å². The van der Waals surface area contributed by atoms with Crippen LogP contribution in [0.15, 0.2) is 30.5 Å². The number of nitrogen functional groups attached to an aromatic ring is 1. The monoisotopic (exact) mass is 250 g/mol. The highest BCUT2D eigenvalue weighted by atomic mass is 35.5. The number of aromatic nitrogens is 3. The van der Waals surface area contributed by atoms with E-state index in [1.54, 1.807) is 10.6 Å². The highest BCUT2D eigenvalue weighted by Gasteiger charge is 2.07. The lowest BCUT2D eigenvalue weighted by Crippen LogP contribution is -1.88. The number of nitrogens with zero attached hydrogens (tertiary/aromatic N) is 3. The van der Waals surface area contributed by atoms with Crippen molar-refractivity contribution in [1.29, 1.82) is 0 Å². The van der Waals surface area contributed by atoms with E-state index in [4.69, 9.17) is 17.3 Å². The number of halogens is 1. The molecule has 0 radical (unpaired) electrons. The summed E-state index contributed by atoms with van der Waals surface area (Å²) in [7, 11) is 0. The topological polar surface area (TPSA) is 56.2 Å². The van der Waals surface area contributed by atoms with Gasteiger partial charge in [0.25, 0.3) is 0 Å². The van der Waals surface area contributed by atoms with Gasteiger partial charge in [0.2, 0.25) is 0 Å². The Morgan fingerprint density at radius 1 is 1.25 bits per heavy atom. The molecule has 80 valence electrons. The molecule has 0 bridgehead atoms. The quantitative estimate of drug-likeness (QED) is 0.722. The molecule has 2 N–H and O–H groups in total. The lowest BCUT2D eigenvalue weighted by Gasteiger charge is -1.89. The van der Waals surface area contributed by atoms with Crippen molar-refractivity contribution in [3.05, 3.63) is 35.6 Å². The number of fused-ring (bicyclic) bond motifs is 1. The van der Waals surface area contributed by atoms with Crippen LogP contribution in [-0.2, 0) is 0 Å². The molecule has 0 fully saturated rings. The minimum Gasteiger partial charge on any atom is -0.391 e. The third-order valence-corrected chi connectivity index (χ3v) is 3.31. The first kappa shape index (κ1) is 9.62. The van der Waals surface area contributed by atoms with E-state index < -0.39 is 0 Å². The Morgan fingerprint density at radius 3 is 2.88 bits per heavy atom. The molecule has 0 unspecified atom stereocenters. The van der Waals surface area contributed by atoms with E-state index in [9.17, 15) is 0 Å². The van der Waals surface area contributed by atoms with Crippen LogP contribution >= 0.6 is 22.9 Å². The highest BCUT2D eigenvalue weighted by molar-refractivity contribution is 7.19. The van der Waals surface area contributed by atoms with E-state index in [1.165, 1.54) is 11.3 Å². The first-order valence-corrected chi connectivity index (χ1v) is 5.79. The average molecular weight is 251 g/mol. The summed E-state index contributed by atoms with van der Waals surface area (Å²) in [6.45, 7) is 0. The van der Waals surface area contributed by atoms with Gasteiger partial charge < -0.3 is 5.73 Å². The second-order valence-corrected chi connectivity index (χ2v) is 4.79. The van der Waals surface area contributed by atoms with E-state index in [-0.39, 0.29) is 0 Å². The maximum atomic E-state index is 5.80. The Hall–Kier alpha value is -1.59. The van der Waals surface area contributed by atoms with Gasteiger partial charge in [-0.05, 0) is 24.3 Å². The van der Waals surface area contributed by atoms with E-state index in [2.05, 4.69) is 10.1 Å². The summed E-state index contributed by atoms with van der Waals surface area (Å²) in [6.07, 6.45) is 1.84. The van der Waals surface area contributed by atoms with Gasteiger partial charge in [-0.25, -0.2) is 9.50 Å². The Labute approximate surface area is 100 Å². The standard InChI is InChI=1S/C10H7ClN4S/c11-8-2-4-10-13-6(5-15(10)14-8)7-1-3-9(12)16-7/h1-5H,12H2. The number of anilines is 1. The molecular formula is C10H7ClN4S. The van der Waals surface area contributed by atoms with Crippen LogP contribution in [0.3, 0.4) is 0 Å². The summed E-state index contributed by atoms with van der Waals surface area (Å²) >= 11 is 7.30. The number of rotatable bonds is 1. The van der Waals surface area contributed by atoms with Crippen molar-refractivity contribution in [2.45, 2.75) is 0 Å². The van der Waals surface area contributed by atoms with Crippen LogP contribution in [0.4, 0.5) is 5.00 Å². The highest BCUT2D eigenvalue weighted by Crippen LogP contribution is 2.28. The van der Waals surface area contributed by atoms with E-state index in [1.807, 2.05) is 24.4 Å². The lowest BCUT2D eigenvalue weighted by molar-refractivity contribution is 0.937. The molecule has 0 saturated carbocycles. The second kappa shape index (κ2) is 3.47. The fraction of sp³-hybridized carbons (Fsp3) is 0. The van der Waals surface area contributed by atoms with Gasteiger partial charge in [-0.15, -0.1) is 11.3 Å². The predicted molar refractivity (Wildman–Crippen MR) is 65.7 cm³/mol. The molecule has 0 aliphatic carbocycles. The molecule has 16 heavy (non-hydrogen) atoms. The van der Waals surface area contributed by atoms with Gasteiger partial charge in [-0.2, -0.15) is 5.10 Å². The minimum atomic E-state index is 0.446. The molecule has 0 aliphatic rings. The van der Waals surface area contributed by atoms with Gasteiger partial charge in [0.1, 0.15) is 10.8 Å². The predicted octanol–water partition coefficient (Wildman–Crippen LogP) is 2.69. The molecule has 4 nitrogen and oxygen atoms in total. The fourth-order valence-electron chi connectivity index (χ4n) is 1.47. The molecule has 3 aromatic rings. The Balaban J connectivity index is 2.18. The second-order valence-electron chi connectivity index (χ2n) is 3.29. The lowest BCUT2D eigenvalue weighted by atomic mass is 10.4. The molecule has 0 spiro atoms. The molecule has 6 heteroatoms. The van der Waals surface area contributed by atoms with E-state index in [0.717, 1.165) is 21.2 Å². The van der Waals surface area contributed by atoms with E-state index in [0.29, 0.717) is 5.15 Å². The number of thiophene rings is 1. The van der Waals surface area contributed by atoms with Crippen molar-refractivity contribution in [2.24, 2.45) is 0 Å². The first-order valence-electron chi connectivity index (χ1n) is 4.60. The molecule has 0 aliphatic heterocycles. The van der Waals surface area contributed by atoms with E-state index >= 15 is 0 Å². The SMILES string of the molecule is Nc1ccc(-c2cn3nc(Cl)ccc3n2)s1. The molecule has 3 aromatic heterocycles. The maximum absolute atomic E-state index is 5.80. The van der Waals surface area contributed by atoms with Crippen LogP contribution < -0.4 is 5.73 Å². The van der Waals surface area contributed by atoms with Crippen molar-refractivity contribution < 1.29 is 0 Å². The molecular weight excluding hydrogens is 244 g/mol. The fourth-order valence-corrected chi connectivity index (χ4v) is 2.34. The molecule has 0 amide bonds.